The van der Waals surface area contributed by atoms with Crippen molar-refractivity contribution < 1.29 is 9.53 Å². The van der Waals surface area contributed by atoms with Crippen LogP contribution in [0, 0.1) is 6.92 Å². The number of benzene rings is 2. The molecule has 0 bridgehead atoms. The summed E-state index contributed by atoms with van der Waals surface area (Å²) < 4.78 is 5.92. The molecule has 1 heterocycles. The molecule has 1 atom stereocenters. The first kappa shape index (κ1) is 15.7. The molecule has 0 saturated carbocycles. The third-order valence-corrected chi connectivity index (χ3v) is 3.50. The number of rotatable bonds is 5. The summed E-state index contributed by atoms with van der Waals surface area (Å²) in [5.74, 6) is 0.878. The maximum absolute atomic E-state index is 12.7. The molecule has 2 aromatic carbocycles. The Bertz CT molecular complexity index is 787. The highest BCUT2D eigenvalue weighted by molar-refractivity contribution is 5.94. The molecule has 24 heavy (non-hydrogen) atoms. The fourth-order valence-electron chi connectivity index (χ4n) is 2.27. The first-order valence-corrected chi connectivity index (χ1v) is 7.72. The molecule has 4 heteroatoms. The van der Waals surface area contributed by atoms with E-state index in [9.17, 15) is 4.79 Å². The molecular formula is C20H18N2O2. The Hall–Kier alpha value is -3.14. The Morgan fingerprint density at radius 2 is 1.62 bits per heavy atom. The van der Waals surface area contributed by atoms with Crippen LogP contribution in [0.25, 0.3) is 0 Å². The van der Waals surface area contributed by atoms with E-state index in [1.165, 1.54) is 0 Å². The minimum absolute atomic E-state index is 0.263. The molecule has 1 unspecified atom stereocenters. The number of ether oxygens (including phenoxy) is 1. The second kappa shape index (κ2) is 7.42. The van der Waals surface area contributed by atoms with E-state index in [1.54, 1.807) is 12.3 Å². The van der Waals surface area contributed by atoms with Crippen molar-refractivity contribution in [1.29, 1.82) is 0 Å². The predicted octanol–water partition coefficient (Wildman–Crippen LogP) is 4.15. The normalized spacial score (nSPS) is 11.5. The Balaban J connectivity index is 1.83. The summed E-state index contributed by atoms with van der Waals surface area (Å²) in [5.41, 5.74) is 1.82. The van der Waals surface area contributed by atoms with Gasteiger partial charge >= 0.3 is 0 Å². The van der Waals surface area contributed by atoms with E-state index in [1.807, 2.05) is 73.7 Å². The lowest BCUT2D eigenvalue weighted by molar-refractivity contribution is -0.123. The molecule has 0 spiro atoms. The van der Waals surface area contributed by atoms with Gasteiger partial charge in [0.15, 0.2) is 0 Å². The number of carbonyl (C=O) groups is 1. The van der Waals surface area contributed by atoms with Crippen molar-refractivity contribution in [2.45, 2.75) is 13.0 Å². The standard InChI is InChI=1S/C20H18N2O2/c1-15-12-13-18(21-14-15)22-20(23)19(16-8-4-2-5-9-16)24-17-10-6-3-7-11-17/h2-14,19H,1H3,(H,21,22,23). The van der Waals surface area contributed by atoms with Gasteiger partial charge in [-0.1, -0.05) is 54.6 Å². The van der Waals surface area contributed by atoms with Gasteiger partial charge in [-0.15, -0.1) is 0 Å². The van der Waals surface area contributed by atoms with Crippen LogP contribution in [-0.2, 0) is 4.79 Å². The summed E-state index contributed by atoms with van der Waals surface area (Å²) in [5, 5.41) is 2.81. The molecule has 3 rings (SSSR count). The predicted molar refractivity (Wildman–Crippen MR) is 93.9 cm³/mol. The maximum atomic E-state index is 12.7. The number of pyridine rings is 1. The molecule has 1 N–H and O–H groups in total. The Morgan fingerprint density at radius 1 is 0.958 bits per heavy atom. The highest BCUT2D eigenvalue weighted by atomic mass is 16.5. The number of aromatic nitrogens is 1. The van der Waals surface area contributed by atoms with Crippen molar-refractivity contribution in [2.24, 2.45) is 0 Å². The smallest absolute Gasteiger partial charge is 0.271 e. The number of para-hydroxylation sites is 1. The second-order valence-corrected chi connectivity index (χ2v) is 5.43. The van der Waals surface area contributed by atoms with Gasteiger partial charge in [0.2, 0.25) is 6.10 Å². The summed E-state index contributed by atoms with van der Waals surface area (Å²) in [4.78, 5) is 16.9. The molecule has 0 aliphatic rings. The van der Waals surface area contributed by atoms with E-state index in [0.29, 0.717) is 11.6 Å². The molecule has 0 fully saturated rings. The van der Waals surface area contributed by atoms with E-state index in [0.717, 1.165) is 11.1 Å². The van der Waals surface area contributed by atoms with Gasteiger partial charge in [-0.3, -0.25) is 4.79 Å². The zero-order valence-electron chi connectivity index (χ0n) is 13.3. The average Bonchev–Trinajstić information content (AvgIpc) is 2.63. The van der Waals surface area contributed by atoms with E-state index in [4.69, 9.17) is 4.74 Å². The highest BCUT2D eigenvalue weighted by Crippen LogP contribution is 2.23. The number of amides is 1. The molecule has 0 saturated heterocycles. The van der Waals surface area contributed by atoms with Crippen LogP contribution in [-0.4, -0.2) is 10.9 Å². The first-order chi connectivity index (χ1) is 11.7. The van der Waals surface area contributed by atoms with Crippen LogP contribution in [0.4, 0.5) is 5.82 Å². The zero-order valence-corrected chi connectivity index (χ0v) is 13.3. The first-order valence-electron chi connectivity index (χ1n) is 7.72. The van der Waals surface area contributed by atoms with Gasteiger partial charge in [0.1, 0.15) is 11.6 Å². The Labute approximate surface area is 141 Å². The van der Waals surface area contributed by atoms with Crippen molar-refractivity contribution in [3.63, 3.8) is 0 Å². The lowest BCUT2D eigenvalue weighted by Crippen LogP contribution is -2.26. The maximum Gasteiger partial charge on any atom is 0.271 e. The second-order valence-electron chi connectivity index (χ2n) is 5.43. The summed E-state index contributed by atoms with van der Waals surface area (Å²) in [7, 11) is 0. The van der Waals surface area contributed by atoms with Gasteiger partial charge in [0.25, 0.3) is 5.91 Å². The number of aryl methyl sites for hydroxylation is 1. The number of nitrogens with one attached hydrogen (secondary N) is 1. The number of anilines is 1. The summed E-state index contributed by atoms with van der Waals surface area (Å²) in [6.45, 7) is 1.95. The summed E-state index contributed by atoms with van der Waals surface area (Å²) >= 11 is 0. The van der Waals surface area contributed by atoms with Crippen molar-refractivity contribution in [3.8, 4) is 5.75 Å². The van der Waals surface area contributed by atoms with Crippen LogP contribution < -0.4 is 10.1 Å². The van der Waals surface area contributed by atoms with Gasteiger partial charge < -0.3 is 10.1 Å². The van der Waals surface area contributed by atoms with Crippen LogP contribution in [0.2, 0.25) is 0 Å². The van der Waals surface area contributed by atoms with Gasteiger partial charge in [-0.05, 0) is 30.7 Å². The van der Waals surface area contributed by atoms with Crippen LogP contribution in [0.5, 0.6) is 5.75 Å². The summed E-state index contributed by atoms with van der Waals surface area (Å²) in [6, 6.07) is 22.4. The molecule has 0 radical (unpaired) electrons. The monoisotopic (exact) mass is 318 g/mol. The number of nitrogens with zero attached hydrogens (tertiary/aromatic N) is 1. The summed E-state index contributed by atoms with van der Waals surface area (Å²) in [6.07, 6.45) is 0.960. The van der Waals surface area contributed by atoms with Crippen LogP contribution in [0.15, 0.2) is 79.0 Å². The third-order valence-electron chi connectivity index (χ3n) is 3.50. The fourth-order valence-corrected chi connectivity index (χ4v) is 2.27. The van der Waals surface area contributed by atoms with E-state index in [-0.39, 0.29) is 5.91 Å². The molecule has 1 aromatic heterocycles. The Morgan fingerprint density at radius 3 is 2.25 bits per heavy atom. The van der Waals surface area contributed by atoms with E-state index < -0.39 is 6.10 Å². The van der Waals surface area contributed by atoms with E-state index >= 15 is 0 Å². The lowest BCUT2D eigenvalue weighted by atomic mass is 10.1. The Kier molecular flexibility index (Phi) is 4.87. The molecule has 1 amide bonds. The van der Waals surface area contributed by atoms with Crippen LogP contribution in [0.1, 0.15) is 17.2 Å². The topological polar surface area (TPSA) is 51.2 Å². The number of hydrogen-bond acceptors (Lipinski definition) is 3. The third kappa shape index (κ3) is 3.98. The molecule has 0 aliphatic carbocycles. The molecule has 3 aromatic rings. The van der Waals surface area contributed by atoms with E-state index in [2.05, 4.69) is 10.3 Å². The van der Waals surface area contributed by atoms with Crippen LogP contribution in [0.3, 0.4) is 0 Å². The quantitative estimate of drug-likeness (QED) is 0.769. The lowest BCUT2D eigenvalue weighted by Gasteiger charge is -2.19. The molecule has 120 valence electrons. The van der Waals surface area contributed by atoms with Crippen molar-refractivity contribution >= 4 is 11.7 Å². The van der Waals surface area contributed by atoms with Gasteiger partial charge in [0.05, 0.1) is 0 Å². The van der Waals surface area contributed by atoms with Gasteiger partial charge in [-0.2, -0.15) is 0 Å². The zero-order chi connectivity index (χ0) is 16.8. The minimum Gasteiger partial charge on any atom is -0.476 e. The highest BCUT2D eigenvalue weighted by Gasteiger charge is 2.23. The van der Waals surface area contributed by atoms with Crippen LogP contribution >= 0.6 is 0 Å². The molecular weight excluding hydrogens is 300 g/mol. The SMILES string of the molecule is Cc1ccc(NC(=O)C(Oc2ccccc2)c2ccccc2)nc1. The fraction of sp³-hybridized carbons (Fsp3) is 0.100. The average molecular weight is 318 g/mol. The van der Waals surface area contributed by atoms with Gasteiger partial charge in [-0.25, -0.2) is 4.98 Å². The number of hydrogen-bond donors (Lipinski definition) is 1. The molecule has 0 aliphatic heterocycles. The van der Waals surface area contributed by atoms with Crippen molar-refractivity contribution in [1.82, 2.24) is 4.98 Å². The van der Waals surface area contributed by atoms with Crippen molar-refractivity contribution in [2.75, 3.05) is 5.32 Å². The largest absolute Gasteiger partial charge is 0.476 e. The van der Waals surface area contributed by atoms with Crippen molar-refractivity contribution in [3.05, 3.63) is 90.1 Å². The minimum atomic E-state index is -0.753. The van der Waals surface area contributed by atoms with Gasteiger partial charge in [0, 0.05) is 11.8 Å². The number of carbonyl (C=O) groups excluding carboxylic acids is 1. The molecule has 4 nitrogen and oxygen atoms in total.